The standard InChI is InChI=1S/C16H14F3N7O2/c1-2-3-6-15(24-25-15)7-8-20-14(28)10-9-21-26(13(10)16(17,18)19)11-4-5-12(27)23-22-11/h1,4-5,9H,3,6-8H2,(H,20,28)(H,23,27). The van der Waals surface area contributed by atoms with Crippen LogP contribution >= 0.6 is 0 Å². The SMILES string of the molecule is C#CCCC1(CCNC(=O)c2cnn(-c3ccc(=O)[nH]n3)c2C(F)(F)F)N=N1. The van der Waals surface area contributed by atoms with Gasteiger partial charge in [-0.3, -0.25) is 9.59 Å². The molecule has 0 saturated carbocycles. The van der Waals surface area contributed by atoms with Gasteiger partial charge in [-0.05, 0) is 6.07 Å². The summed E-state index contributed by atoms with van der Waals surface area (Å²) in [6.45, 7) is 0.0653. The molecule has 0 atom stereocenters. The summed E-state index contributed by atoms with van der Waals surface area (Å²) in [5.74, 6) is 1.23. The van der Waals surface area contributed by atoms with Crippen molar-refractivity contribution in [2.45, 2.75) is 31.1 Å². The topological polar surface area (TPSA) is 117 Å². The van der Waals surface area contributed by atoms with Crippen molar-refractivity contribution in [3.8, 4) is 18.2 Å². The van der Waals surface area contributed by atoms with Crippen molar-refractivity contribution in [1.29, 1.82) is 0 Å². The monoisotopic (exact) mass is 393 g/mol. The van der Waals surface area contributed by atoms with Gasteiger partial charge in [0.2, 0.25) is 0 Å². The van der Waals surface area contributed by atoms with Crippen molar-refractivity contribution < 1.29 is 18.0 Å². The van der Waals surface area contributed by atoms with E-state index in [1.807, 2.05) is 5.10 Å². The molecule has 1 aliphatic heterocycles. The van der Waals surface area contributed by atoms with Gasteiger partial charge in [-0.2, -0.15) is 33.6 Å². The van der Waals surface area contributed by atoms with Crippen molar-refractivity contribution in [1.82, 2.24) is 25.3 Å². The third kappa shape index (κ3) is 4.08. The molecule has 9 nitrogen and oxygen atoms in total. The highest BCUT2D eigenvalue weighted by Gasteiger charge is 2.42. The molecule has 0 saturated heterocycles. The fourth-order valence-electron chi connectivity index (χ4n) is 2.56. The predicted octanol–water partition coefficient (Wildman–Crippen LogP) is 1.67. The number of amides is 1. The summed E-state index contributed by atoms with van der Waals surface area (Å²) >= 11 is 0. The van der Waals surface area contributed by atoms with E-state index in [0.717, 1.165) is 18.3 Å². The molecule has 0 radical (unpaired) electrons. The van der Waals surface area contributed by atoms with Gasteiger partial charge in [-0.25, -0.2) is 9.78 Å². The van der Waals surface area contributed by atoms with Gasteiger partial charge in [-0.15, -0.1) is 12.3 Å². The number of nitrogens with zero attached hydrogens (tertiary/aromatic N) is 5. The Balaban J connectivity index is 1.76. The molecule has 2 N–H and O–H groups in total. The van der Waals surface area contributed by atoms with Crippen LogP contribution in [-0.4, -0.2) is 38.1 Å². The first-order valence-electron chi connectivity index (χ1n) is 8.13. The molecule has 1 amide bonds. The van der Waals surface area contributed by atoms with E-state index < -0.39 is 34.6 Å². The number of H-pyrrole nitrogens is 1. The Kier molecular flexibility index (Phi) is 5.00. The van der Waals surface area contributed by atoms with E-state index in [1.165, 1.54) is 0 Å². The molecule has 1 aliphatic rings. The van der Waals surface area contributed by atoms with E-state index in [2.05, 4.69) is 31.7 Å². The fourth-order valence-corrected chi connectivity index (χ4v) is 2.56. The summed E-state index contributed by atoms with van der Waals surface area (Å²) in [6.07, 6.45) is 2.41. The lowest BCUT2D eigenvalue weighted by atomic mass is 10.0. The van der Waals surface area contributed by atoms with E-state index in [-0.39, 0.29) is 12.4 Å². The minimum absolute atomic E-state index is 0.0653. The number of nitrogens with one attached hydrogen (secondary N) is 2. The number of carbonyl (C=O) groups is 1. The van der Waals surface area contributed by atoms with Gasteiger partial charge in [0, 0.05) is 31.9 Å². The van der Waals surface area contributed by atoms with Gasteiger partial charge in [0.25, 0.3) is 11.5 Å². The molecule has 0 unspecified atom stereocenters. The fraction of sp³-hybridized carbons (Fsp3) is 0.375. The Hall–Kier alpha value is -3.49. The second-order valence-electron chi connectivity index (χ2n) is 5.99. The first-order valence-corrected chi connectivity index (χ1v) is 8.13. The Bertz CT molecular complexity index is 990. The van der Waals surface area contributed by atoms with E-state index in [4.69, 9.17) is 6.42 Å². The van der Waals surface area contributed by atoms with Crippen molar-refractivity contribution in [3.05, 3.63) is 39.9 Å². The molecule has 0 fully saturated rings. The number of hydrogen-bond acceptors (Lipinski definition) is 6. The van der Waals surface area contributed by atoms with Crippen molar-refractivity contribution in [2.75, 3.05) is 6.54 Å². The van der Waals surface area contributed by atoms with Crippen molar-refractivity contribution in [3.63, 3.8) is 0 Å². The van der Waals surface area contributed by atoms with Crippen LogP contribution in [0.4, 0.5) is 13.2 Å². The molecule has 2 aromatic rings. The van der Waals surface area contributed by atoms with E-state index in [1.54, 1.807) is 0 Å². The number of rotatable bonds is 7. The Labute approximate surface area is 156 Å². The molecule has 0 aromatic carbocycles. The maximum atomic E-state index is 13.5. The molecule has 146 valence electrons. The second kappa shape index (κ2) is 7.26. The van der Waals surface area contributed by atoms with Crippen LogP contribution in [0.25, 0.3) is 5.82 Å². The van der Waals surface area contributed by atoms with Crippen LogP contribution in [0, 0.1) is 12.3 Å². The van der Waals surface area contributed by atoms with E-state index in [9.17, 15) is 22.8 Å². The van der Waals surface area contributed by atoms with Crippen LogP contribution in [0.2, 0.25) is 0 Å². The molecular formula is C16H14F3N7O2. The maximum absolute atomic E-state index is 13.5. The summed E-state index contributed by atoms with van der Waals surface area (Å²) < 4.78 is 41.1. The van der Waals surface area contributed by atoms with Crippen LogP contribution in [0.1, 0.15) is 35.3 Å². The largest absolute Gasteiger partial charge is 0.434 e. The summed E-state index contributed by atoms with van der Waals surface area (Å²) in [4.78, 5) is 23.4. The summed E-state index contributed by atoms with van der Waals surface area (Å²) in [7, 11) is 0. The minimum atomic E-state index is -4.88. The lowest BCUT2D eigenvalue weighted by Gasteiger charge is -2.13. The third-order valence-electron chi connectivity index (χ3n) is 4.03. The quantitative estimate of drug-likeness (QED) is 0.696. The first kappa shape index (κ1) is 19.3. The highest BCUT2D eigenvalue weighted by Crippen LogP contribution is 2.36. The second-order valence-corrected chi connectivity index (χ2v) is 5.99. The molecular weight excluding hydrogens is 379 g/mol. The minimum Gasteiger partial charge on any atom is -0.352 e. The van der Waals surface area contributed by atoms with Crippen LogP contribution in [0.5, 0.6) is 0 Å². The highest BCUT2D eigenvalue weighted by atomic mass is 19.4. The van der Waals surface area contributed by atoms with Gasteiger partial charge in [0.1, 0.15) is 0 Å². The van der Waals surface area contributed by atoms with Crippen LogP contribution < -0.4 is 10.9 Å². The Morgan fingerprint density at radius 3 is 2.64 bits per heavy atom. The maximum Gasteiger partial charge on any atom is 0.434 e. The van der Waals surface area contributed by atoms with E-state index in [0.29, 0.717) is 23.9 Å². The van der Waals surface area contributed by atoms with Gasteiger partial charge in [-0.1, -0.05) is 0 Å². The van der Waals surface area contributed by atoms with Crippen LogP contribution in [-0.2, 0) is 6.18 Å². The number of aromatic amines is 1. The summed E-state index contributed by atoms with van der Waals surface area (Å²) in [5, 5.41) is 19.3. The smallest absolute Gasteiger partial charge is 0.352 e. The van der Waals surface area contributed by atoms with Gasteiger partial charge >= 0.3 is 6.18 Å². The lowest BCUT2D eigenvalue weighted by molar-refractivity contribution is -0.143. The molecule has 0 aliphatic carbocycles. The Morgan fingerprint density at radius 1 is 1.32 bits per heavy atom. The van der Waals surface area contributed by atoms with Crippen LogP contribution in [0.3, 0.4) is 0 Å². The van der Waals surface area contributed by atoms with Gasteiger partial charge in [0.15, 0.2) is 17.2 Å². The zero-order valence-corrected chi connectivity index (χ0v) is 14.3. The van der Waals surface area contributed by atoms with Crippen molar-refractivity contribution in [2.24, 2.45) is 10.2 Å². The first-order chi connectivity index (χ1) is 13.3. The average Bonchev–Trinajstić information content (AvgIpc) is 3.25. The lowest BCUT2D eigenvalue weighted by Crippen LogP contribution is -2.30. The number of hydrogen-bond donors (Lipinski definition) is 2. The number of terminal acetylenes is 1. The summed E-state index contributed by atoms with van der Waals surface area (Å²) in [5.41, 5.74) is -3.20. The zero-order chi connectivity index (χ0) is 20.4. The highest BCUT2D eigenvalue weighted by molar-refractivity contribution is 5.95. The molecule has 2 aromatic heterocycles. The zero-order valence-electron chi connectivity index (χ0n) is 14.3. The molecule has 0 spiro atoms. The number of alkyl halides is 3. The molecule has 0 bridgehead atoms. The molecule has 3 heterocycles. The molecule has 12 heteroatoms. The van der Waals surface area contributed by atoms with Gasteiger partial charge in [0.05, 0.1) is 11.8 Å². The summed E-state index contributed by atoms with van der Waals surface area (Å²) in [6, 6.07) is 2.07. The predicted molar refractivity (Wildman–Crippen MR) is 89.6 cm³/mol. The normalized spacial score (nSPS) is 14.5. The molecule has 28 heavy (non-hydrogen) atoms. The molecule has 3 rings (SSSR count). The third-order valence-corrected chi connectivity index (χ3v) is 4.03. The van der Waals surface area contributed by atoms with Crippen LogP contribution in [0.15, 0.2) is 33.4 Å². The number of aromatic nitrogens is 4. The van der Waals surface area contributed by atoms with E-state index >= 15 is 0 Å². The number of carbonyl (C=O) groups excluding carboxylic acids is 1. The Morgan fingerprint density at radius 2 is 2.07 bits per heavy atom. The average molecular weight is 393 g/mol. The number of halogens is 3. The van der Waals surface area contributed by atoms with Crippen molar-refractivity contribution >= 4 is 5.91 Å². The van der Waals surface area contributed by atoms with Gasteiger partial charge < -0.3 is 5.32 Å².